The Kier molecular flexibility index (Phi) is 5.50. The molecule has 0 saturated carbocycles. The number of anilines is 1. The summed E-state index contributed by atoms with van der Waals surface area (Å²) < 4.78 is 24.0. The number of urea groups is 1. The van der Waals surface area contributed by atoms with Crippen molar-refractivity contribution in [1.82, 2.24) is 4.90 Å². The first-order valence-corrected chi connectivity index (χ1v) is 8.20. The van der Waals surface area contributed by atoms with Gasteiger partial charge in [-0.15, -0.1) is 0 Å². The van der Waals surface area contributed by atoms with Gasteiger partial charge in [-0.2, -0.15) is 0 Å². The number of hydrogen-bond acceptors (Lipinski definition) is 3. The molecule has 0 aromatic heterocycles. The van der Waals surface area contributed by atoms with Crippen LogP contribution in [-0.4, -0.2) is 43.8 Å². The van der Waals surface area contributed by atoms with Crippen molar-refractivity contribution < 1.29 is 18.7 Å². The zero-order valence-electron chi connectivity index (χ0n) is 14.1. The minimum absolute atomic E-state index is 0.109. The maximum absolute atomic E-state index is 13.0. The highest BCUT2D eigenvalue weighted by Gasteiger charge is 2.25. The van der Waals surface area contributed by atoms with Crippen LogP contribution in [0.25, 0.3) is 0 Å². The molecular weight excluding hydrogens is 323 g/mol. The fraction of sp³-hybridized carbons (Fsp3) is 0.316. The predicted octanol–water partition coefficient (Wildman–Crippen LogP) is 3.31. The largest absolute Gasteiger partial charge is 0.495 e. The van der Waals surface area contributed by atoms with Gasteiger partial charge in [0.25, 0.3) is 0 Å². The summed E-state index contributed by atoms with van der Waals surface area (Å²) in [5.41, 5.74) is 1.62. The van der Waals surface area contributed by atoms with E-state index in [1.165, 1.54) is 12.1 Å². The first-order chi connectivity index (χ1) is 12.2. The predicted molar refractivity (Wildman–Crippen MR) is 93.4 cm³/mol. The fourth-order valence-electron chi connectivity index (χ4n) is 2.85. The molecule has 1 saturated heterocycles. The number of hydrogen-bond donors (Lipinski definition) is 1. The maximum atomic E-state index is 13.0. The van der Waals surface area contributed by atoms with Crippen LogP contribution in [-0.2, 0) is 11.2 Å². The average Bonchev–Trinajstić information content (AvgIpc) is 2.64. The first kappa shape index (κ1) is 17.2. The lowest BCUT2D eigenvalue weighted by Gasteiger charge is -2.33. The molecule has 25 heavy (non-hydrogen) atoms. The molecule has 0 unspecified atom stereocenters. The summed E-state index contributed by atoms with van der Waals surface area (Å²) in [4.78, 5) is 14.3. The van der Waals surface area contributed by atoms with E-state index in [0.717, 1.165) is 5.56 Å². The van der Waals surface area contributed by atoms with Gasteiger partial charge in [0, 0.05) is 19.5 Å². The van der Waals surface area contributed by atoms with E-state index in [4.69, 9.17) is 9.47 Å². The molecule has 0 radical (unpaired) electrons. The lowest BCUT2D eigenvalue weighted by Crippen LogP contribution is -2.48. The van der Waals surface area contributed by atoms with Crippen LogP contribution in [0.3, 0.4) is 0 Å². The highest BCUT2D eigenvalue weighted by atomic mass is 19.1. The number of halogens is 1. The monoisotopic (exact) mass is 344 g/mol. The Hall–Kier alpha value is -2.60. The van der Waals surface area contributed by atoms with Crippen molar-refractivity contribution in [3.05, 3.63) is 59.9 Å². The number of ether oxygens (including phenoxy) is 2. The summed E-state index contributed by atoms with van der Waals surface area (Å²) in [6.45, 7) is 1.49. The molecule has 6 heteroatoms. The van der Waals surface area contributed by atoms with Crippen LogP contribution in [0.5, 0.6) is 5.75 Å². The maximum Gasteiger partial charge on any atom is 0.322 e. The molecule has 1 aliphatic rings. The summed E-state index contributed by atoms with van der Waals surface area (Å²) in [5.74, 6) is 0.359. The number of methoxy groups -OCH3 is 1. The Morgan fingerprint density at radius 2 is 2.04 bits per heavy atom. The number of carbonyl (C=O) groups is 1. The van der Waals surface area contributed by atoms with E-state index < -0.39 is 0 Å². The SMILES string of the molecule is COc1ccccc1NC(=O)N1CCO[C@H](Cc2ccc(F)cc2)C1. The van der Waals surface area contributed by atoms with Crippen molar-refractivity contribution >= 4 is 11.7 Å². The minimum Gasteiger partial charge on any atom is -0.495 e. The third kappa shape index (κ3) is 4.48. The van der Waals surface area contributed by atoms with E-state index >= 15 is 0 Å². The molecule has 3 rings (SSSR count). The number of rotatable bonds is 4. The minimum atomic E-state index is -0.258. The zero-order chi connectivity index (χ0) is 17.6. The molecule has 0 aliphatic carbocycles. The van der Waals surface area contributed by atoms with E-state index in [0.29, 0.717) is 37.6 Å². The van der Waals surface area contributed by atoms with Gasteiger partial charge in [-0.1, -0.05) is 24.3 Å². The molecule has 1 heterocycles. The van der Waals surface area contributed by atoms with Gasteiger partial charge < -0.3 is 19.7 Å². The van der Waals surface area contributed by atoms with Gasteiger partial charge in [0.1, 0.15) is 11.6 Å². The van der Waals surface area contributed by atoms with Crippen LogP contribution in [0.15, 0.2) is 48.5 Å². The van der Waals surface area contributed by atoms with Crippen LogP contribution in [0.2, 0.25) is 0 Å². The third-order valence-electron chi connectivity index (χ3n) is 4.15. The number of amides is 2. The molecule has 132 valence electrons. The lowest BCUT2D eigenvalue weighted by molar-refractivity contribution is -0.0113. The van der Waals surface area contributed by atoms with E-state index in [2.05, 4.69) is 5.32 Å². The molecule has 2 amide bonds. The topological polar surface area (TPSA) is 50.8 Å². The molecule has 5 nitrogen and oxygen atoms in total. The summed E-state index contributed by atoms with van der Waals surface area (Å²) in [5, 5.41) is 2.88. The number of carbonyl (C=O) groups excluding carboxylic acids is 1. The van der Waals surface area contributed by atoms with Crippen molar-refractivity contribution in [3.8, 4) is 5.75 Å². The van der Waals surface area contributed by atoms with Crippen LogP contribution >= 0.6 is 0 Å². The van der Waals surface area contributed by atoms with Crippen molar-refractivity contribution in [2.45, 2.75) is 12.5 Å². The van der Waals surface area contributed by atoms with Gasteiger partial charge in [-0.05, 0) is 29.8 Å². The van der Waals surface area contributed by atoms with Crippen LogP contribution in [0.4, 0.5) is 14.9 Å². The molecule has 1 atom stereocenters. The summed E-state index contributed by atoms with van der Waals surface area (Å²) in [6.07, 6.45) is 0.529. The smallest absolute Gasteiger partial charge is 0.322 e. The lowest BCUT2D eigenvalue weighted by atomic mass is 10.1. The Morgan fingerprint density at radius 3 is 2.80 bits per heavy atom. The van der Waals surface area contributed by atoms with Crippen molar-refractivity contribution in [2.75, 3.05) is 32.1 Å². The second-order valence-corrected chi connectivity index (χ2v) is 5.90. The molecule has 1 N–H and O–H groups in total. The fourth-order valence-corrected chi connectivity index (χ4v) is 2.85. The second kappa shape index (κ2) is 7.98. The highest BCUT2D eigenvalue weighted by Crippen LogP contribution is 2.23. The standard InChI is InChI=1S/C19H21FN2O3/c1-24-18-5-3-2-4-17(18)21-19(23)22-10-11-25-16(13-22)12-14-6-8-15(20)9-7-14/h2-9,16H,10-13H2,1H3,(H,21,23)/t16-/m1/s1. The number of nitrogens with one attached hydrogen (secondary N) is 1. The quantitative estimate of drug-likeness (QED) is 0.926. The van der Waals surface area contributed by atoms with Crippen molar-refractivity contribution in [2.24, 2.45) is 0 Å². The van der Waals surface area contributed by atoms with Crippen molar-refractivity contribution in [3.63, 3.8) is 0 Å². The van der Waals surface area contributed by atoms with E-state index in [9.17, 15) is 9.18 Å². The summed E-state index contributed by atoms with van der Waals surface area (Å²) in [6, 6.07) is 13.5. The van der Waals surface area contributed by atoms with Gasteiger partial charge in [-0.25, -0.2) is 9.18 Å². The van der Waals surface area contributed by atoms with Crippen LogP contribution in [0.1, 0.15) is 5.56 Å². The normalized spacial score (nSPS) is 17.2. The number of nitrogens with zero attached hydrogens (tertiary/aromatic N) is 1. The van der Waals surface area contributed by atoms with Crippen LogP contribution in [0, 0.1) is 5.82 Å². The second-order valence-electron chi connectivity index (χ2n) is 5.90. The Labute approximate surface area is 146 Å². The van der Waals surface area contributed by atoms with Gasteiger partial charge >= 0.3 is 6.03 Å². The molecule has 0 bridgehead atoms. The van der Waals surface area contributed by atoms with E-state index in [1.807, 2.05) is 12.1 Å². The molecular formula is C19H21FN2O3. The molecule has 2 aromatic carbocycles. The van der Waals surface area contributed by atoms with Gasteiger partial charge in [0.15, 0.2) is 0 Å². The number of benzene rings is 2. The Balaban J connectivity index is 1.60. The van der Waals surface area contributed by atoms with Gasteiger partial charge in [0.05, 0.1) is 25.5 Å². The molecule has 0 spiro atoms. The van der Waals surface area contributed by atoms with Gasteiger partial charge in [0.2, 0.25) is 0 Å². The average molecular weight is 344 g/mol. The van der Waals surface area contributed by atoms with E-state index in [1.54, 1.807) is 36.3 Å². The Bertz CT molecular complexity index is 721. The molecule has 2 aromatic rings. The Morgan fingerprint density at radius 1 is 1.28 bits per heavy atom. The van der Waals surface area contributed by atoms with Crippen LogP contribution < -0.4 is 10.1 Å². The first-order valence-electron chi connectivity index (χ1n) is 8.20. The zero-order valence-corrected chi connectivity index (χ0v) is 14.1. The summed E-state index contributed by atoms with van der Waals surface area (Å²) in [7, 11) is 1.57. The highest BCUT2D eigenvalue weighted by molar-refractivity contribution is 5.91. The van der Waals surface area contributed by atoms with Gasteiger partial charge in [-0.3, -0.25) is 0 Å². The number of para-hydroxylation sites is 2. The molecule has 1 aliphatic heterocycles. The van der Waals surface area contributed by atoms with Crippen molar-refractivity contribution in [1.29, 1.82) is 0 Å². The molecule has 1 fully saturated rings. The number of morpholine rings is 1. The van der Waals surface area contributed by atoms with E-state index in [-0.39, 0.29) is 18.0 Å². The summed E-state index contributed by atoms with van der Waals surface area (Å²) >= 11 is 0. The third-order valence-corrected chi connectivity index (χ3v) is 4.15.